The van der Waals surface area contributed by atoms with Crippen molar-refractivity contribution < 1.29 is 9.18 Å². The minimum atomic E-state index is -0.647. The molecule has 2 heterocycles. The fraction of sp³-hybridized carbons (Fsp3) is 0.176. The number of amides is 1. The average molecular weight is 329 g/mol. The summed E-state index contributed by atoms with van der Waals surface area (Å²) in [5.41, 5.74) is 0.392. The minimum absolute atomic E-state index is 0.237. The number of imidazole rings is 1. The molecule has 23 heavy (non-hydrogen) atoms. The van der Waals surface area contributed by atoms with Crippen LogP contribution in [0.1, 0.15) is 32.0 Å². The van der Waals surface area contributed by atoms with Gasteiger partial charge in [-0.05, 0) is 25.1 Å². The molecule has 0 bridgehead atoms. The van der Waals surface area contributed by atoms with Crippen LogP contribution in [-0.2, 0) is 7.05 Å². The summed E-state index contributed by atoms with van der Waals surface area (Å²) in [6.07, 6.45) is 3.40. The number of carbonyl (C=O) groups is 1. The zero-order valence-electron chi connectivity index (χ0n) is 12.8. The SMILES string of the molecule is Cc1ccc(C(=O)N[C@@H](c2ccccc2F)c2nccn2C)s1. The number of nitrogens with one attached hydrogen (secondary N) is 1. The van der Waals surface area contributed by atoms with Crippen LogP contribution in [0.5, 0.6) is 0 Å². The lowest BCUT2D eigenvalue weighted by atomic mass is 10.1. The number of halogens is 1. The van der Waals surface area contributed by atoms with Crippen LogP contribution >= 0.6 is 11.3 Å². The lowest BCUT2D eigenvalue weighted by Gasteiger charge is -2.19. The lowest BCUT2D eigenvalue weighted by Crippen LogP contribution is -2.31. The van der Waals surface area contributed by atoms with Gasteiger partial charge in [-0.25, -0.2) is 9.37 Å². The van der Waals surface area contributed by atoms with Crippen molar-refractivity contribution in [2.75, 3.05) is 0 Å². The number of benzene rings is 1. The molecule has 118 valence electrons. The summed E-state index contributed by atoms with van der Waals surface area (Å²) in [7, 11) is 1.82. The molecule has 0 spiro atoms. The molecule has 2 aromatic heterocycles. The van der Waals surface area contributed by atoms with Crippen LogP contribution in [0.15, 0.2) is 48.8 Å². The number of rotatable bonds is 4. The van der Waals surface area contributed by atoms with Crippen LogP contribution in [0, 0.1) is 12.7 Å². The Bertz CT molecular complexity index is 840. The summed E-state index contributed by atoms with van der Waals surface area (Å²) in [6.45, 7) is 1.94. The van der Waals surface area contributed by atoms with Gasteiger partial charge in [0.15, 0.2) is 0 Å². The van der Waals surface area contributed by atoms with Crippen molar-refractivity contribution in [3.05, 3.63) is 75.8 Å². The molecule has 1 atom stereocenters. The molecule has 3 rings (SSSR count). The largest absolute Gasteiger partial charge is 0.337 e. The number of thiophene rings is 1. The quantitative estimate of drug-likeness (QED) is 0.797. The van der Waals surface area contributed by atoms with Crippen molar-refractivity contribution in [3.63, 3.8) is 0 Å². The van der Waals surface area contributed by atoms with E-state index >= 15 is 0 Å². The van der Waals surface area contributed by atoms with Crippen molar-refractivity contribution in [3.8, 4) is 0 Å². The third-order valence-electron chi connectivity index (χ3n) is 3.57. The van der Waals surface area contributed by atoms with E-state index in [-0.39, 0.29) is 11.7 Å². The van der Waals surface area contributed by atoms with Gasteiger partial charge in [0.1, 0.15) is 17.7 Å². The van der Waals surface area contributed by atoms with Crippen LogP contribution in [0.4, 0.5) is 4.39 Å². The van der Waals surface area contributed by atoms with Gasteiger partial charge < -0.3 is 9.88 Å². The highest BCUT2D eigenvalue weighted by atomic mass is 32.1. The van der Waals surface area contributed by atoms with E-state index in [4.69, 9.17) is 0 Å². The highest BCUT2D eigenvalue weighted by molar-refractivity contribution is 7.13. The van der Waals surface area contributed by atoms with E-state index in [1.165, 1.54) is 17.4 Å². The maximum Gasteiger partial charge on any atom is 0.262 e. The fourth-order valence-electron chi connectivity index (χ4n) is 2.40. The summed E-state index contributed by atoms with van der Waals surface area (Å²) >= 11 is 1.41. The molecule has 0 radical (unpaired) electrons. The molecule has 0 saturated heterocycles. The van der Waals surface area contributed by atoms with Gasteiger partial charge in [-0.2, -0.15) is 0 Å². The van der Waals surface area contributed by atoms with Crippen molar-refractivity contribution in [2.45, 2.75) is 13.0 Å². The summed E-state index contributed by atoms with van der Waals surface area (Å²) in [5, 5.41) is 2.90. The summed E-state index contributed by atoms with van der Waals surface area (Å²) < 4.78 is 16.0. The predicted molar refractivity (Wildman–Crippen MR) is 88.0 cm³/mol. The highest BCUT2D eigenvalue weighted by Gasteiger charge is 2.24. The molecule has 1 N–H and O–H groups in total. The van der Waals surface area contributed by atoms with Crippen LogP contribution in [-0.4, -0.2) is 15.5 Å². The zero-order chi connectivity index (χ0) is 16.4. The predicted octanol–water partition coefficient (Wildman–Crippen LogP) is 3.45. The third kappa shape index (κ3) is 3.17. The van der Waals surface area contributed by atoms with E-state index in [9.17, 15) is 9.18 Å². The molecule has 0 aliphatic rings. The van der Waals surface area contributed by atoms with Crippen LogP contribution < -0.4 is 5.32 Å². The molecule has 4 nitrogen and oxygen atoms in total. The molecular weight excluding hydrogens is 313 g/mol. The molecule has 1 aromatic carbocycles. The van der Waals surface area contributed by atoms with E-state index in [1.54, 1.807) is 41.2 Å². The summed E-state index contributed by atoms with van der Waals surface area (Å²) in [6, 6.07) is 9.42. The minimum Gasteiger partial charge on any atom is -0.337 e. The Labute approximate surface area is 137 Å². The normalized spacial score (nSPS) is 12.1. The van der Waals surface area contributed by atoms with Crippen LogP contribution in [0.25, 0.3) is 0 Å². The Kier molecular flexibility index (Phi) is 4.25. The second-order valence-corrected chi connectivity index (χ2v) is 6.52. The van der Waals surface area contributed by atoms with Crippen molar-refractivity contribution in [1.82, 2.24) is 14.9 Å². The summed E-state index contributed by atoms with van der Waals surface area (Å²) in [4.78, 5) is 18.4. The average Bonchev–Trinajstić information content (AvgIpc) is 3.14. The molecule has 3 aromatic rings. The topological polar surface area (TPSA) is 46.9 Å². The first kappa shape index (κ1) is 15.4. The highest BCUT2D eigenvalue weighted by Crippen LogP contribution is 2.24. The van der Waals surface area contributed by atoms with Gasteiger partial charge in [-0.3, -0.25) is 4.79 Å². The van der Waals surface area contributed by atoms with Crippen LogP contribution in [0.2, 0.25) is 0 Å². The lowest BCUT2D eigenvalue weighted by molar-refractivity contribution is 0.0945. The van der Waals surface area contributed by atoms with E-state index < -0.39 is 6.04 Å². The third-order valence-corrected chi connectivity index (χ3v) is 4.57. The zero-order valence-corrected chi connectivity index (χ0v) is 13.6. The Hall–Kier alpha value is -2.47. The summed E-state index contributed by atoms with van der Waals surface area (Å²) in [5.74, 6) is -0.0285. The molecule has 0 fully saturated rings. The first-order chi connectivity index (χ1) is 11.1. The molecule has 6 heteroatoms. The smallest absolute Gasteiger partial charge is 0.262 e. The maximum absolute atomic E-state index is 14.2. The fourth-order valence-corrected chi connectivity index (χ4v) is 3.18. The Balaban J connectivity index is 1.98. The van der Waals surface area contributed by atoms with E-state index in [0.29, 0.717) is 16.3 Å². The first-order valence-corrected chi connectivity index (χ1v) is 7.97. The van der Waals surface area contributed by atoms with Crippen molar-refractivity contribution in [1.29, 1.82) is 0 Å². The monoisotopic (exact) mass is 329 g/mol. The van der Waals surface area contributed by atoms with Gasteiger partial charge in [0, 0.05) is 29.9 Å². The number of hydrogen-bond donors (Lipinski definition) is 1. The van der Waals surface area contributed by atoms with Gasteiger partial charge in [0.25, 0.3) is 5.91 Å². The standard InChI is InChI=1S/C17H16FN3OS/c1-11-7-8-14(23-11)17(22)20-15(16-19-9-10-21(16)2)12-5-3-4-6-13(12)18/h3-10,15H,1-2H3,(H,20,22)/t15-/m0/s1. The van der Waals surface area contributed by atoms with Crippen LogP contribution in [0.3, 0.4) is 0 Å². The molecule has 0 unspecified atom stereocenters. The molecular formula is C17H16FN3OS. The number of nitrogens with zero attached hydrogens (tertiary/aromatic N) is 2. The molecule has 1 amide bonds. The van der Waals surface area contributed by atoms with Gasteiger partial charge in [0.2, 0.25) is 0 Å². The number of hydrogen-bond acceptors (Lipinski definition) is 3. The molecule has 0 saturated carbocycles. The number of aromatic nitrogens is 2. The molecule has 0 aliphatic heterocycles. The van der Waals surface area contributed by atoms with E-state index in [1.807, 2.05) is 20.0 Å². The van der Waals surface area contributed by atoms with Crippen molar-refractivity contribution in [2.24, 2.45) is 7.05 Å². The second kappa shape index (κ2) is 6.34. The Morgan fingerprint density at radius 1 is 1.30 bits per heavy atom. The Morgan fingerprint density at radius 2 is 2.09 bits per heavy atom. The maximum atomic E-state index is 14.2. The Morgan fingerprint density at radius 3 is 2.70 bits per heavy atom. The van der Waals surface area contributed by atoms with Gasteiger partial charge in [-0.15, -0.1) is 11.3 Å². The van der Waals surface area contributed by atoms with Crippen molar-refractivity contribution >= 4 is 17.2 Å². The van der Waals surface area contributed by atoms with Gasteiger partial charge in [-0.1, -0.05) is 18.2 Å². The van der Waals surface area contributed by atoms with E-state index in [2.05, 4.69) is 10.3 Å². The number of carbonyl (C=O) groups excluding carboxylic acids is 1. The van der Waals surface area contributed by atoms with Gasteiger partial charge in [0.05, 0.1) is 4.88 Å². The second-order valence-electron chi connectivity index (χ2n) is 5.23. The first-order valence-electron chi connectivity index (χ1n) is 7.15. The van der Waals surface area contributed by atoms with Gasteiger partial charge >= 0.3 is 0 Å². The van der Waals surface area contributed by atoms with E-state index in [0.717, 1.165) is 4.88 Å². The number of aryl methyl sites for hydroxylation is 2. The molecule has 0 aliphatic carbocycles.